The highest BCUT2D eigenvalue weighted by Crippen LogP contribution is 2.09. The van der Waals surface area contributed by atoms with E-state index in [0.717, 1.165) is 5.56 Å². The summed E-state index contributed by atoms with van der Waals surface area (Å²) < 4.78 is 0. The molecule has 0 aliphatic rings. The van der Waals surface area contributed by atoms with Gasteiger partial charge in [-0.3, -0.25) is 10.2 Å². The number of amides is 1. The molecular weight excluding hydrogens is 248 g/mol. The Morgan fingerprint density at radius 2 is 1.67 bits per heavy atom. The fourth-order valence-electron chi connectivity index (χ4n) is 1.50. The lowest BCUT2D eigenvalue weighted by Gasteiger charge is -2.07. The second-order valence-corrected chi connectivity index (χ2v) is 4.24. The van der Waals surface area contributed by atoms with E-state index in [1.807, 2.05) is 30.3 Å². The summed E-state index contributed by atoms with van der Waals surface area (Å²) in [5.74, 6) is -0.178. The molecule has 0 bridgehead atoms. The number of benzene rings is 2. The molecular formula is C14H13ClN2O. The highest BCUT2D eigenvalue weighted by Gasteiger charge is 2.03. The van der Waals surface area contributed by atoms with Crippen LogP contribution in [-0.2, 0) is 6.54 Å². The first-order chi connectivity index (χ1) is 8.75. The number of hydrazine groups is 1. The average Bonchev–Trinajstić information content (AvgIpc) is 2.40. The van der Waals surface area contributed by atoms with Crippen LogP contribution in [-0.4, -0.2) is 5.91 Å². The van der Waals surface area contributed by atoms with Gasteiger partial charge in [0, 0.05) is 17.1 Å². The van der Waals surface area contributed by atoms with Crippen LogP contribution in [0.3, 0.4) is 0 Å². The lowest BCUT2D eigenvalue weighted by Crippen LogP contribution is -2.36. The minimum absolute atomic E-state index is 0.178. The Bertz CT molecular complexity index is 511. The molecule has 0 saturated heterocycles. The van der Waals surface area contributed by atoms with Crippen LogP contribution in [0.4, 0.5) is 0 Å². The van der Waals surface area contributed by atoms with Crippen molar-refractivity contribution in [2.45, 2.75) is 6.54 Å². The van der Waals surface area contributed by atoms with Crippen molar-refractivity contribution in [2.24, 2.45) is 0 Å². The van der Waals surface area contributed by atoms with Gasteiger partial charge in [-0.2, -0.15) is 0 Å². The van der Waals surface area contributed by atoms with Crippen molar-refractivity contribution in [3.05, 3.63) is 70.7 Å². The van der Waals surface area contributed by atoms with Gasteiger partial charge < -0.3 is 0 Å². The van der Waals surface area contributed by atoms with Crippen molar-refractivity contribution < 1.29 is 4.79 Å². The van der Waals surface area contributed by atoms with Crippen LogP contribution < -0.4 is 10.9 Å². The predicted molar refractivity (Wildman–Crippen MR) is 72.2 cm³/mol. The predicted octanol–water partition coefficient (Wildman–Crippen LogP) is 2.77. The maximum Gasteiger partial charge on any atom is 0.265 e. The third kappa shape index (κ3) is 3.58. The summed E-state index contributed by atoms with van der Waals surface area (Å²) in [7, 11) is 0. The Labute approximate surface area is 111 Å². The molecule has 0 atom stereocenters. The average molecular weight is 261 g/mol. The van der Waals surface area contributed by atoms with E-state index in [4.69, 9.17) is 11.6 Å². The largest absolute Gasteiger partial charge is 0.287 e. The number of hydrogen-bond acceptors (Lipinski definition) is 2. The maximum absolute atomic E-state index is 11.7. The van der Waals surface area contributed by atoms with Crippen molar-refractivity contribution in [1.82, 2.24) is 10.9 Å². The van der Waals surface area contributed by atoms with Gasteiger partial charge >= 0.3 is 0 Å². The molecule has 92 valence electrons. The van der Waals surface area contributed by atoms with Crippen molar-refractivity contribution in [1.29, 1.82) is 0 Å². The second kappa shape index (κ2) is 6.19. The monoisotopic (exact) mass is 260 g/mol. The number of carbonyl (C=O) groups excluding carboxylic acids is 1. The van der Waals surface area contributed by atoms with E-state index in [-0.39, 0.29) is 5.91 Å². The molecule has 0 fully saturated rings. The minimum Gasteiger partial charge on any atom is -0.287 e. The first kappa shape index (κ1) is 12.6. The van der Waals surface area contributed by atoms with Crippen molar-refractivity contribution >= 4 is 17.5 Å². The zero-order chi connectivity index (χ0) is 12.8. The molecule has 0 aromatic heterocycles. The molecule has 0 heterocycles. The summed E-state index contributed by atoms with van der Waals surface area (Å²) in [5, 5.41) is 0.615. The van der Waals surface area contributed by atoms with Gasteiger partial charge in [-0.25, -0.2) is 5.43 Å². The number of hydrogen-bond donors (Lipinski definition) is 2. The van der Waals surface area contributed by atoms with Crippen LogP contribution in [0.2, 0.25) is 5.02 Å². The first-order valence-corrected chi connectivity index (χ1v) is 5.96. The number of halogens is 1. The zero-order valence-corrected chi connectivity index (χ0v) is 10.4. The Morgan fingerprint density at radius 1 is 1.00 bits per heavy atom. The summed E-state index contributed by atoms with van der Waals surface area (Å²) in [6.07, 6.45) is 0. The van der Waals surface area contributed by atoms with E-state index < -0.39 is 0 Å². The Kier molecular flexibility index (Phi) is 4.34. The summed E-state index contributed by atoms with van der Waals surface area (Å²) in [6, 6.07) is 16.6. The van der Waals surface area contributed by atoms with Crippen LogP contribution in [0.25, 0.3) is 0 Å². The van der Waals surface area contributed by atoms with E-state index in [0.29, 0.717) is 17.1 Å². The van der Waals surface area contributed by atoms with Gasteiger partial charge in [-0.05, 0) is 29.8 Å². The van der Waals surface area contributed by atoms with Crippen LogP contribution in [0.1, 0.15) is 15.9 Å². The van der Waals surface area contributed by atoms with Crippen molar-refractivity contribution in [3.8, 4) is 0 Å². The Morgan fingerprint density at radius 3 is 2.33 bits per heavy atom. The van der Waals surface area contributed by atoms with Gasteiger partial charge in [0.25, 0.3) is 5.91 Å². The Hall–Kier alpha value is -1.84. The molecule has 3 nitrogen and oxygen atoms in total. The Balaban J connectivity index is 1.84. The SMILES string of the molecule is O=C(NNCc1ccccc1)c1ccc(Cl)cc1. The van der Waals surface area contributed by atoms with E-state index in [2.05, 4.69) is 10.9 Å². The maximum atomic E-state index is 11.7. The third-order valence-corrected chi connectivity index (χ3v) is 2.70. The molecule has 2 rings (SSSR count). The van der Waals surface area contributed by atoms with Gasteiger partial charge in [0.05, 0.1) is 0 Å². The van der Waals surface area contributed by atoms with E-state index in [1.165, 1.54) is 0 Å². The lowest BCUT2D eigenvalue weighted by atomic mass is 10.2. The molecule has 4 heteroatoms. The molecule has 0 aliphatic heterocycles. The smallest absolute Gasteiger partial charge is 0.265 e. The van der Waals surface area contributed by atoms with E-state index in [1.54, 1.807) is 24.3 Å². The molecule has 2 aromatic rings. The van der Waals surface area contributed by atoms with Gasteiger partial charge in [0.2, 0.25) is 0 Å². The normalized spacial score (nSPS) is 10.1. The van der Waals surface area contributed by atoms with Crippen molar-refractivity contribution in [2.75, 3.05) is 0 Å². The molecule has 0 saturated carbocycles. The minimum atomic E-state index is -0.178. The van der Waals surface area contributed by atoms with Gasteiger partial charge in [0.1, 0.15) is 0 Å². The molecule has 18 heavy (non-hydrogen) atoms. The summed E-state index contributed by atoms with van der Waals surface area (Å²) >= 11 is 5.75. The quantitative estimate of drug-likeness (QED) is 0.830. The van der Waals surface area contributed by atoms with Crippen LogP contribution in [0.5, 0.6) is 0 Å². The van der Waals surface area contributed by atoms with Gasteiger partial charge in [0.15, 0.2) is 0 Å². The highest BCUT2D eigenvalue weighted by atomic mass is 35.5. The summed E-state index contributed by atoms with van der Waals surface area (Å²) in [4.78, 5) is 11.7. The van der Waals surface area contributed by atoms with Crippen molar-refractivity contribution in [3.63, 3.8) is 0 Å². The molecule has 2 aromatic carbocycles. The standard InChI is InChI=1S/C14H13ClN2O/c15-13-8-6-12(7-9-13)14(18)17-16-10-11-4-2-1-3-5-11/h1-9,16H,10H2,(H,17,18). The number of rotatable bonds is 4. The second-order valence-electron chi connectivity index (χ2n) is 3.80. The molecule has 2 N–H and O–H groups in total. The van der Waals surface area contributed by atoms with Gasteiger partial charge in [-0.1, -0.05) is 41.9 Å². The molecule has 0 radical (unpaired) electrons. The molecule has 0 spiro atoms. The van der Waals surface area contributed by atoms with E-state index in [9.17, 15) is 4.79 Å². The third-order valence-electron chi connectivity index (χ3n) is 2.44. The number of carbonyl (C=O) groups is 1. The van der Waals surface area contributed by atoms with Crippen LogP contribution in [0.15, 0.2) is 54.6 Å². The topological polar surface area (TPSA) is 41.1 Å². The fourth-order valence-corrected chi connectivity index (χ4v) is 1.62. The number of nitrogens with one attached hydrogen (secondary N) is 2. The highest BCUT2D eigenvalue weighted by molar-refractivity contribution is 6.30. The first-order valence-electron chi connectivity index (χ1n) is 5.58. The molecule has 0 unspecified atom stereocenters. The van der Waals surface area contributed by atoms with E-state index >= 15 is 0 Å². The molecule has 1 amide bonds. The van der Waals surface area contributed by atoms with Gasteiger partial charge in [-0.15, -0.1) is 0 Å². The lowest BCUT2D eigenvalue weighted by molar-refractivity contribution is 0.0932. The van der Waals surface area contributed by atoms with Crippen LogP contribution >= 0.6 is 11.6 Å². The zero-order valence-electron chi connectivity index (χ0n) is 9.69. The molecule has 0 aliphatic carbocycles. The van der Waals surface area contributed by atoms with Crippen LogP contribution in [0, 0.1) is 0 Å². The summed E-state index contributed by atoms with van der Waals surface area (Å²) in [5.41, 5.74) is 7.19. The fraction of sp³-hybridized carbons (Fsp3) is 0.0714. The summed E-state index contributed by atoms with van der Waals surface area (Å²) in [6.45, 7) is 0.584.